The number of fused-ring (bicyclic) bond motifs is 4. The zero-order chi connectivity index (χ0) is 25.0. The van der Waals surface area contributed by atoms with Crippen molar-refractivity contribution in [3.63, 3.8) is 0 Å². The van der Waals surface area contributed by atoms with Crippen molar-refractivity contribution in [3.8, 4) is 5.75 Å². The van der Waals surface area contributed by atoms with E-state index in [9.17, 15) is 14.3 Å². The molecule has 6 nitrogen and oxygen atoms in total. The summed E-state index contributed by atoms with van der Waals surface area (Å²) in [4.78, 5) is 17.6. The zero-order valence-electron chi connectivity index (χ0n) is 21.0. The second kappa shape index (κ2) is 8.89. The van der Waals surface area contributed by atoms with E-state index < -0.39 is 0 Å². The van der Waals surface area contributed by atoms with E-state index in [0.717, 1.165) is 37.2 Å². The largest absolute Gasteiger partial charge is 0.497 e. The van der Waals surface area contributed by atoms with E-state index in [1.165, 1.54) is 41.6 Å². The Balaban J connectivity index is 1.39. The molecule has 3 aromatic rings. The average molecular weight is 492 g/mol. The Morgan fingerprint density at radius 1 is 1.14 bits per heavy atom. The Hall–Kier alpha value is -2.90. The number of hydrogen-bond donors (Lipinski definition) is 1. The van der Waals surface area contributed by atoms with Crippen LogP contribution in [-0.2, 0) is 12.5 Å². The molecule has 1 saturated heterocycles. The van der Waals surface area contributed by atoms with Crippen molar-refractivity contribution >= 4 is 16.8 Å². The van der Waals surface area contributed by atoms with Gasteiger partial charge in [0.15, 0.2) is 0 Å². The van der Waals surface area contributed by atoms with Crippen LogP contribution in [0.25, 0.3) is 10.9 Å². The highest BCUT2D eigenvalue weighted by atomic mass is 19.1. The maximum atomic E-state index is 13.4. The number of likely N-dealkylation sites (tertiary alicyclic amines) is 1. The van der Waals surface area contributed by atoms with Crippen LogP contribution in [0.3, 0.4) is 0 Å². The van der Waals surface area contributed by atoms with Crippen molar-refractivity contribution in [3.05, 3.63) is 65.1 Å². The number of carbonyl (C=O) groups is 1. The molecule has 1 N–H and O–H groups in total. The molecule has 0 unspecified atom stereocenters. The lowest BCUT2D eigenvalue weighted by Gasteiger charge is -2.50. The van der Waals surface area contributed by atoms with Gasteiger partial charge in [-0.1, -0.05) is 0 Å². The molecule has 1 aromatic heterocycles. The van der Waals surface area contributed by atoms with Crippen molar-refractivity contribution in [2.24, 2.45) is 13.0 Å². The van der Waals surface area contributed by atoms with Crippen molar-refractivity contribution in [1.82, 2.24) is 14.4 Å². The summed E-state index contributed by atoms with van der Waals surface area (Å²) in [5.41, 5.74) is 4.09. The van der Waals surface area contributed by atoms with E-state index in [2.05, 4.69) is 28.6 Å². The van der Waals surface area contributed by atoms with Crippen LogP contribution in [-0.4, -0.2) is 65.3 Å². The van der Waals surface area contributed by atoms with Crippen LogP contribution < -0.4 is 4.74 Å². The highest BCUT2D eigenvalue weighted by Crippen LogP contribution is 2.51. The number of amides is 1. The molecule has 1 atom stereocenters. The van der Waals surface area contributed by atoms with Gasteiger partial charge < -0.3 is 19.3 Å². The number of ether oxygens (including phenoxy) is 1. The fourth-order valence-corrected chi connectivity index (χ4v) is 6.61. The molecule has 6 rings (SSSR count). The smallest absolute Gasteiger partial charge is 0.253 e. The Morgan fingerprint density at radius 3 is 2.50 bits per heavy atom. The monoisotopic (exact) mass is 491 g/mol. The lowest BCUT2D eigenvalue weighted by atomic mass is 9.68. The van der Waals surface area contributed by atoms with E-state index >= 15 is 0 Å². The number of halogens is 1. The fraction of sp³-hybridized carbons (Fsp3) is 0.483. The van der Waals surface area contributed by atoms with Crippen LogP contribution in [0.2, 0.25) is 0 Å². The third kappa shape index (κ3) is 3.80. The molecule has 1 amide bonds. The number of aryl methyl sites for hydroxylation is 1. The minimum absolute atomic E-state index is 0.0338. The normalized spacial score (nSPS) is 21.7. The lowest BCUT2D eigenvalue weighted by molar-refractivity contribution is 0.0390. The lowest BCUT2D eigenvalue weighted by Crippen LogP contribution is -2.55. The average Bonchev–Trinajstić information content (AvgIpc) is 3.67. The number of aromatic nitrogens is 1. The first-order chi connectivity index (χ1) is 17.4. The molecule has 7 heteroatoms. The van der Waals surface area contributed by atoms with Gasteiger partial charge in [0.05, 0.1) is 25.3 Å². The number of hydrogen-bond acceptors (Lipinski definition) is 4. The van der Waals surface area contributed by atoms with Crippen molar-refractivity contribution in [2.75, 3.05) is 39.9 Å². The molecule has 1 spiro atoms. The van der Waals surface area contributed by atoms with E-state index in [4.69, 9.17) is 4.74 Å². The first-order valence-electron chi connectivity index (χ1n) is 13.0. The predicted molar refractivity (Wildman–Crippen MR) is 137 cm³/mol. The third-order valence-electron chi connectivity index (χ3n) is 8.71. The summed E-state index contributed by atoms with van der Waals surface area (Å²) in [5.74, 6) is 1.17. The summed E-state index contributed by atoms with van der Waals surface area (Å²) in [7, 11) is 3.79. The summed E-state index contributed by atoms with van der Waals surface area (Å²) in [6.45, 7) is 3.31. The highest BCUT2D eigenvalue weighted by molar-refractivity contribution is 5.94. The molecule has 1 saturated carbocycles. The molecule has 190 valence electrons. The summed E-state index contributed by atoms with van der Waals surface area (Å²) in [6.07, 6.45) is 4.25. The first kappa shape index (κ1) is 23.5. The van der Waals surface area contributed by atoms with E-state index in [0.29, 0.717) is 24.6 Å². The maximum Gasteiger partial charge on any atom is 0.253 e. The van der Waals surface area contributed by atoms with Crippen LogP contribution >= 0.6 is 0 Å². The number of rotatable bonds is 5. The molecule has 2 fully saturated rings. The van der Waals surface area contributed by atoms with E-state index in [-0.39, 0.29) is 29.8 Å². The van der Waals surface area contributed by atoms with Gasteiger partial charge in [0.1, 0.15) is 11.6 Å². The molecular weight excluding hydrogens is 457 g/mol. The molecule has 1 aliphatic carbocycles. The Labute approximate surface area is 211 Å². The van der Waals surface area contributed by atoms with Gasteiger partial charge in [0.25, 0.3) is 5.91 Å². The van der Waals surface area contributed by atoms with Gasteiger partial charge in [-0.3, -0.25) is 9.69 Å². The first-order valence-corrected chi connectivity index (χ1v) is 13.0. The summed E-state index contributed by atoms with van der Waals surface area (Å²) < 4.78 is 21.2. The number of piperidine rings is 1. The zero-order valence-corrected chi connectivity index (χ0v) is 21.0. The van der Waals surface area contributed by atoms with Crippen LogP contribution in [0.4, 0.5) is 4.39 Å². The molecule has 36 heavy (non-hydrogen) atoms. The number of nitrogens with zero attached hydrogens (tertiary/aromatic N) is 3. The third-order valence-corrected chi connectivity index (χ3v) is 8.71. The van der Waals surface area contributed by atoms with Crippen molar-refractivity contribution < 1.29 is 19.0 Å². The van der Waals surface area contributed by atoms with Gasteiger partial charge >= 0.3 is 0 Å². The molecule has 0 bridgehead atoms. The van der Waals surface area contributed by atoms with Gasteiger partial charge in [0, 0.05) is 61.4 Å². The van der Waals surface area contributed by atoms with Gasteiger partial charge in [-0.2, -0.15) is 0 Å². The molecule has 0 radical (unpaired) electrons. The minimum Gasteiger partial charge on any atom is -0.497 e. The standard InChI is InChI=1S/C29H34FN3O3/c1-31-24-15-22(36-2)9-10-23(24)26-27(31)25(17-34)33(16-19-3-4-19)18-29(26)11-13-32(14-12-29)28(35)20-5-7-21(30)8-6-20/h5-10,15,19,25,34H,3-4,11-14,16-18H2,1-2H3/t25-/m1/s1. The van der Waals surface area contributed by atoms with Crippen LogP contribution in [0.1, 0.15) is 53.3 Å². The Bertz CT molecular complexity index is 1290. The van der Waals surface area contributed by atoms with Gasteiger partial charge in [-0.15, -0.1) is 0 Å². The summed E-state index contributed by atoms with van der Waals surface area (Å²) in [5, 5.41) is 11.8. The number of benzene rings is 2. The quantitative estimate of drug-likeness (QED) is 0.580. The van der Waals surface area contributed by atoms with Gasteiger partial charge in [-0.25, -0.2) is 4.39 Å². The predicted octanol–water partition coefficient (Wildman–Crippen LogP) is 4.26. The van der Waals surface area contributed by atoms with Crippen molar-refractivity contribution in [2.45, 2.75) is 37.1 Å². The van der Waals surface area contributed by atoms with Gasteiger partial charge in [-0.05, 0) is 73.6 Å². The summed E-state index contributed by atoms with van der Waals surface area (Å²) >= 11 is 0. The molecular formula is C29H34FN3O3. The van der Waals surface area contributed by atoms with E-state index in [1.54, 1.807) is 19.2 Å². The summed E-state index contributed by atoms with van der Waals surface area (Å²) in [6, 6.07) is 12.1. The number of aliphatic hydroxyl groups is 1. The molecule has 2 aromatic carbocycles. The Kier molecular flexibility index (Phi) is 5.80. The topological polar surface area (TPSA) is 57.9 Å². The minimum atomic E-state index is -0.333. The van der Waals surface area contributed by atoms with Crippen LogP contribution in [0.5, 0.6) is 5.75 Å². The maximum absolute atomic E-state index is 13.4. The number of methoxy groups -OCH3 is 1. The molecule has 3 heterocycles. The second-order valence-electron chi connectivity index (χ2n) is 10.9. The number of aliphatic hydroxyl groups excluding tert-OH is 1. The van der Waals surface area contributed by atoms with Gasteiger partial charge in [0.2, 0.25) is 0 Å². The fourth-order valence-electron chi connectivity index (χ4n) is 6.61. The SMILES string of the molecule is COc1ccc2c3c(n(C)c2c1)[C@@H](CO)N(CC1CC1)CC31CCN(C(=O)c2ccc(F)cc2)CC1. The van der Waals surface area contributed by atoms with Crippen LogP contribution in [0.15, 0.2) is 42.5 Å². The van der Waals surface area contributed by atoms with Crippen LogP contribution in [0, 0.1) is 11.7 Å². The van der Waals surface area contributed by atoms with Crippen molar-refractivity contribution in [1.29, 1.82) is 0 Å². The highest BCUT2D eigenvalue weighted by Gasteiger charge is 2.49. The van der Waals surface area contributed by atoms with E-state index in [1.807, 2.05) is 11.0 Å². The molecule has 2 aliphatic heterocycles. The Morgan fingerprint density at radius 2 is 1.86 bits per heavy atom. The second-order valence-corrected chi connectivity index (χ2v) is 10.9. The molecule has 3 aliphatic rings. The number of carbonyl (C=O) groups excluding carboxylic acids is 1.